The van der Waals surface area contributed by atoms with E-state index in [4.69, 9.17) is 5.73 Å². The van der Waals surface area contributed by atoms with Crippen LogP contribution in [0.4, 0.5) is 0 Å². The number of carbonyl (C=O) groups excluding carboxylic acids is 1. The Bertz CT molecular complexity index is 425. The second-order valence-corrected chi connectivity index (χ2v) is 5.12. The van der Waals surface area contributed by atoms with Gasteiger partial charge in [-0.2, -0.15) is 0 Å². The zero-order valence-corrected chi connectivity index (χ0v) is 12.1. The van der Waals surface area contributed by atoms with Gasteiger partial charge in [0, 0.05) is 29.2 Å². The van der Waals surface area contributed by atoms with Gasteiger partial charge < -0.3 is 10.6 Å². The van der Waals surface area contributed by atoms with E-state index in [1.807, 2.05) is 30.0 Å². The topological polar surface area (TPSA) is 46.3 Å². The standard InChI is InChI=1S/C12H15BrN2O.ClH/c1-8-2-3-9(6-11(8)13)12(16)15-5-4-10(14)7-15;/h2-3,6,10H,4-5,7,14H2,1H3;1H. The summed E-state index contributed by atoms with van der Waals surface area (Å²) in [7, 11) is 0. The lowest BCUT2D eigenvalue weighted by Crippen LogP contribution is -2.31. The average molecular weight is 320 g/mol. The highest BCUT2D eigenvalue weighted by atomic mass is 79.9. The number of nitrogens with zero attached hydrogens (tertiary/aromatic N) is 1. The van der Waals surface area contributed by atoms with Crippen molar-refractivity contribution in [1.82, 2.24) is 4.90 Å². The SMILES string of the molecule is Cc1ccc(C(=O)N2CCC(N)C2)cc1Br.Cl. The molecule has 0 radical (unpaired) electrons. The molecule has 1 amide bonds. The Labute approximate surface area is 116 Å². The zero-order valence-electron chi connectivity index (χ0n) is 9.65. The quantitative estimate of drug-likeness (QED) is 0.863. The molecule has 1 saturated heterocycles. The third kappa shape index (κ3) is 3.21. The molecule has 5 heteroatoms. The van der Waals surface area contributed by atoms with Crippen LogP contribution in [0.2, 0.25) is 0 Å². The van der Waals surface area contributed by atoms with E-state index in [1.54, 1.807) is 0 Å². The van der Waals surface area contributed by atoms with Crippen molar-refractivity contribution in [2.24, 2.45) is 5.73 Å². The van der Waals surface area contributed by atoms with Gasteiger partial charge in [-0.1, -0.05) is 22.0 Å². The largest absolute Gasteiger partial charge is 0.337 e. The fourth-order valence-electron chi connectivity index (χ4n) is 1.88. The summed E-state index contributed by atoms with van der Waals surface area (Å²) in [5.41, 5.74) is 7.65. The number of benzene rings is 1. The first-order valence-corrected chi connectivity index (χ1v) is 6.18. The second kappa shape index (κ2) is 5.85. The molecule has 0 aliphatic carbocycles. The number of amides is 1. The Hall–Kier alpha value is -0.580. The van der Waals surface area contributed by atoms with Gasteiger partial charge in [-0.3, -0.25) is 4.79 Å². The molecule has 1 aromatic carbocycles. The Morgan fingerprint density at radius 3 is 2.76 bits per heavy atom. The zero-order chi connectivity index (χ0) is 11.7. The van der Waals surface area contributed by atoms with E-state index in [-0.39, 0.29) is 24.4 Å². The summed E-state index contributed by atoms with van der Waals surface area (Å²) in [6, 6.07) is 5.83. The summed E-state index contributed by atoms with van der Waals surface area (Å²) in [5, 5.41) is 0. The van der Waals surface area contributed by atoms with Crippen LogP contribution in [0.25, 0.3) is 0 Å². The van der Waals surface area contributed by atoms with E-state index in [2.05, 4.69) is 15.9 Å². The van der Waals surface area contributed by atoms with Crippen LogP contribution in [0, 0.1) is 6.92 Å². The molecule has 1 aliphatic rings. The summed E-state index contributed by atoms with van der Waals surface area (Å²) in [5.74, 6) is 0.0775. The van der Waals surface area contributed by atoms with Crippen LogP contribution in [-0.4, -0.2) is 29.9 Å². The van der Waals surface area contributed by atoms with Crippen LogP contribution >= 0.6 is 28.3 Å². The molecule has 94 valence electrons. The van der Waals surface area contributed by atoms with Crippen molar-refractivity contribution in [3.8, 4) is 0 Å². The Morgan fingerprint density at radius 2 is 2.24 bits per heavy atom. The van der Waals surface area contributed by atoms with Crippen molar-refractivity contribution in [2.75, 3.05) is 13.1 Å². The molecular formula is C12H16BrClN2O. The molecule has 0 saturated carbocycles. The van der Waals surface area contributed by atoms with Gasteiger partial charge in [0.15, 0.2) is 0 Å². The lowest BCUT2D eigenvalue weighted by Gasteiger charge is -2.16. The Kier molecular flexibility index (Phi) is 4.98. The van der Waals surface area contributed by atoms with Crippen molar-refractivity contribution in [2.45, 2.75) is 19.4 Å². The molecule has 0 bridgehead atoms. The van der Waals surface area contributed by atoms with Crippen molar-refractivity contribution in [1.29, 1.82) is 0 Å². The van der Waals surface area contributed by atoms with Crippen molar-refractivity contribution < 1.29 is 4.79 Å². The van der Waals surface area contributed by atoms with Gasteiger partial charge in [0.2, 0.25) is 0 Å². The minimum Gasteiger partial charge on any atom is -0.337 e. The van der Waals surface area contributed by atoms with Gasteiger partial charge in [-0.25, -0.2) is 0 Å². The molecule has 17 heavy (non-hydrogen) atoms. The lowest BCUT2D eigenvalue weighted by atomic mass is 10.1. The van der Waals surface area contributed by atoms with Gasteiger partial charge in [-0.15, -0.1) is 12.4 Å². The first-order valence-electron chi connectivity index (χ1n) is 5.39. The normalized spacial score (nSPS) is 19.0. The first kappa shape index (κ1) is 14.5. The monoisotopic (exact) mass is 318 g/mol. The van der Waals surface area contributed by atoms with E-state index in [9.17, 15) is 4.79 Å². The molecule has 1 heterocycles. The van der Waals surface area contributed by atoms with Gasteiger partial charge in [0.25, 0.3) is 5.91 Å². The van der Waals surface area contributed by atoms with Gasteiger partial charge >= 0.3 is 0 Å². The minimum atomic E-state index is 0. The van der Waals surface area contributed by atoms with E-state index >= 15 is 0 Å². The molecule has 1 aliphatic heterocycles. The van der Waals surface area contributed by atoms with Gasteiger partial charge in [-0.05, 0) is 31.0 Å². The van der Waals surface area contributed by atoms with Gasteiger partial charge in [0.1, 0.15) is 0 Å². The third-order valence-electron chi connectivity index (χ3n) is 2.93. The highest BCUT2D eigenvalue weighted by molar-refractivity contribution is 9.10. The van der Waals surface area contributed by atoms with E-state index in [0.717, 1.165) is 28.6 Å². The molecule has 2 rings (SSSR count). The minimum absolute atomic E-state index is 0. The van der Waals surface area contributed by atoms with E-state index in [0.29, 0.717) is 6.54 Å². The first-order chi connectivity index (χ1) is 7.58. The van der Waals surface area contributed by atoms with Crippen molar-refractivity contribution >= 4 is 34.2 Å². The number of rotatable bonds is 1. The number of nitrogens with two attached hydrogens (primary N) is 1. The van der Waals surface area contributed by atoms with Gasteiger partial charge in [0.05, 0.1) is 0 Å². The van der Waals surface area contributed by atoms with Crippen molar-refractivity contribution in [3.63, 3.8) is 0 Å². The lowest BCUT2D eigenvalue weighted by molar-refractivity contribution is 0.0791. The summed E-state index contributed by atoms with van der Waals surface area (Å²) in [6.45, 7) is 3.44. The number of halogens is 2. The summed E-state index contributed by atoms with van der Waals surface area (Å²) >= 11 is 3.44. The number of hydrogen-bond donors (Lipinski definition) is 1. The maximum atomic E-state index is 12.1. The summed E-state index contributed by atoms with van der Waals surface area (Å²) in [6.07, 6.45) is 0.902. The fourth-order valence-corrected chi connectivity index (χ4v) is 2.26. The van der Waals surface area contributed by atoms with Crippen LogP contribution in [0.15, 0.2) is 22.7 Å². The molecular weight excluding hydrogens is 304 g/mol. The van der Waals surface area contributed by atoms with Crippen LogP contribution in [0.3, 0.4) is 0 Å². The average Bonchev–Trinajstić information content (AvgIpc) is 2.68. The van der Waals surface area contributed by atoms with Crippen LogP contribution < -0.4 is 5.73 Å². The Morgan fingerprint density at radius 1 is 1.53 bits per heavy atom. The number of aryl methyl sites for hydroxylation is 1. The molecule has 3 nitrogen and oxygen atoms in total. The fraction of sp³-hybridized carbons (Fsp3) is 0.417. The molecule has 0 aromatic heterocycles. The smallest absolute Gasteiger partial charge is 0.253 e. The molecule has 0 spiro atoms. The maximum absolute atomic E-state index is 12.1. The maximum Gasteiger partial charge on any atom is 0.253 e. The highest BCUT2D eigenvalue weighted by Crippen LogP contribution is 2.20. The van der Waals surface area contributed by atoms with Crippen molar-refractivity contribution in [3.05, 3.63) is 33.8 Å². The van der Waals surface area contributed by atoms with Crippen LogP contribution in [0.5, 0.6) is 0 Å². The Balaban J connectivity index is 0.00000144. The van der Waals surface area contributed by atoms with E-state index in [1.165, 1.54) is 0 Å². The molecule has 1 fully saturated rings. The molecule has 1 aromatic rings. The molecule has 2 N–H and O–H groups in total. The second-order valence-electron chi connectivity index (χ2n) is 4.26. The summed E-state index contributed by atoms with van der Waals surface area (Å²) in [4.78, 5) is 13.9. The summed E-state index contributed by atoms with van der Waals surface area (Å²) < 4.78 is 0.974. The number of likely N-dealkylation sites (tertiary alicyclic amines) is 1. The predicted octanol–water partition coefficient (Wildman–Crippen LogP) is 2.35. The number of hydrogen-bond acceptors (Lipinski definition) is 2. The predicted molar refractivity (Wildman–Crippen MR) is 74.6 cm³/mol. The van der Waals surface area contributed by atoms with Crippen LogP contribution in [0.1, 0.15) is 22.3 Å². The molecule has 1 atom stereocenters. The number of carbonyl (C=O) groups is 1. The molecule has 1 unspecified atom stereocenters. The highest BCUT2D eigenvalue weighted by Gasteiger charge is 2.24. The third-order valence-corrected chi connectivity index (χ3v) is 3.79. The van der Waals surface area contributed by atoms with Crippen LogP contribution in [-0.2, 0) is 0 Å². The van der Waals surface area contributed by atoms with E-state index < -0.39 is 0 Å².